The standard InChI is InChI=1S/C17H20N4O2S/c22-15(20-17-18-8-11-24-17)12-21-9-6-14(7-10-21)19-16(23)13-4-2-1-3-5-13/h1-5,8,11,14H,6-7,9-10,12H2,(H,19,23)(H,18,20,22). The number of carbonyl (C=O) groups is 2. The number of piperidine rings is 1. The van der Waals surface area contributed by atoms with E-state index in [9.17, 15) is 9.59 Å². The number of amides is 2. The highest BCUT2D eigenvalue weighted by atomic mass is 32.1. The lowest BCUT2D eigenvalue weighted by molar-refractivity contribution is -0.117. The van der Waals surface area contributed by atoms with Crippen LogP contribution in [-0.4, -0.2) is 47.4 Å². The Morgan fingerprint density at radius 2 is 1.96 bits per heavy atom. The second kappa shape index (κ2) is 8.03. The molecule has 126 valence electrons. The molecule has 6 nitrogen and oxygen atoms in total. The Morgan fingerprint density at radius 1 is 1.21 bits per heavy atom. The third-order valence-electron chi connectivity index (χ3n) is 4.00. The maximum atomic E-state index is 12.2. The molecule has 1 aromatic carbocycles. The van der Waals surface area contributed by atoms with Crippen molar-refractivity contribution >= 4 is 28.3 Å². The molecule has 1 aliphatic heterocycles. The summed E-state index contributed by atoms with van der Waals surface area (Å²) in [5, 5.41) is 8.32. The van der Waals surface area contributed by atoms with Crippen molar-refractivity contribution in [3.05, 3.63) is 47.5 Å². The average Bonchev–Trinajstić information content (AvgIpc) is 3.10. The highest BCUT2D eigenvalue weighted by molar-refractivity contribution is 7.13. The summed E-state index contributed by atoms with van der Waals surface area (Å²) in [4.78, 5) is 30.3. The minimum Gasteiger partial charge on any atom is -0.349 e. The van der Waals surface area contributed by atoms with Gasteiger partial charge in [0.05, 0.1) is 6.54 Å². The molecule has 7 heteroatoms. The summed E-state index contributed by atoms with van der Waals surface area (Å²) < 4.78 is 0. The number of anilines is 1. The lowest BCUT2D eigenvalue weighted by atomic mass is 10.0. The van der Waals surface area contributed by atoms with Crippen LogP contribution in [0.5, 0.6) is 0 Å². The lowest BCUT2D eigenvalue weighted by Gasteiger charge is -2.31. The van der Waals surface area contributed by atoms with Crippen LogP contribution < -0.4 is 10.6 Å². The molecular formula is C17H20N4O2S. The van der Waals surface area contributed by atoms with Gasteiger partial charge >= 0.3 is 0 Å². The zero-order valence-corrected chi connectivity index (χ0v) is 14.1. The Bertz CT molecular complexity index is 667. The van der Waals surface area contributed by atoms with Gasteiger partial charge in [0.1, 0.15) is 0 Å². The number of nitrogens with one attached hydrogen (secondary N) is 2. The van der Waals surface area contributed by atoms with Gasteiger partial charge in [0.2, 0.25) is 5.91 Å². The van der Waals surface area contributed by atoms with E-state index in [1.54, 1.807) is 6.20 Å². The van der Waals surface area contributed by atoms with Gasteiger partial charge in [0.15, 0.2) is 5.13 Å². The maximum absolute atomic E-state index is 12.2. The average molecular weight is 344 g/mol. The number of hydrogen-bond acceptors (Lipinski definition) is 5. The van der Waals surface area contributed by atoms with E-state index in [-0.39, 0.29) is 17.9 Å². The minimum atomic E-state index is -0.0447. The number of likely N-dealkylation sites (tertiary alicyclic amines) is 1. The van der Waals surface area contributed by atoms with Crippen LogP contribution in [0.2, 0.25) is 0 Å². The van der Waals surface area contributed by atoms with Crippen molar-refractivity contribution in [2.45, 2.75) is 18.9 Å². The molecule has 0 atom stereocenters. The van der Waals surface area contributed by atoms with Crippen molar-refractivity contribution in [2.75, 3.05) is 25.0 Å². The van der Waals surface area contributed by atoms with Crippen molar-refractivity contribution in [3.63, 3.8) is 0 Å². The minimum absolute atomic E-state index is 0.0319. The molecule has 0 bridgehead atoms. The van der Waals surface area contributed by atoms with Crippen LogP contribution in [0.3, 0.4) is 0 Å². The number of hydrogen-bond donors (Lipinski definition) is 2. The quantitative estimate of drug-likeness (QED) is 0.870. The summed E-state index contributed by atoms with van der Waals surface area (Å²) in [7, 11) is 0. The van der Waals surface area contributed by atoms with Crippen LogP contribution >= 0.6 is 11.3 Å². The van der Waals surface area contributed by atoms with Crippen molar-refractivity contribution in [3.8, 4) is 0 Å². The third kappa shape index (κ3) is 4.62. The number of aromatic nitrogens is 1. The van der Waals surface area contributed by atoms with Crippen LogP contribution in [0.1, 0.15) is 23.2 Å². The zero-order valence-electron chi connectivity index (χ0n) is 13.3. The molecule has 2 heterocycles. The van der Waals surface area contributed by atoms with Gasteiger partial charge in [0, 0.05) is 36.3 Å². The normalized spacial score (nSPS) is 15.8. The second-order valence-electron chi connectivity index (χ2n) is 5.78. The lowest BCUT2D eigenvalue weighted by Crippen LogP contribution is -2.46. The summed E-state index contributed by atoms with van der Waals surface area (Å²) in [5.74, 6) is -0.0766. The van der Waals surface area contributed by atoms with Crippen molar-refractivity contribution < 1.29 is 9.59 Å². The molecule has 1 aromatic heterocycles. The first-order valence-electron chi connectivity index (χ1n) is 7.98. The Balaban J connectivity index is 1.41. The van der Waals surface area contributed by atoms with Crippen molar-refractivity contribution in [1.29, 1.82) is 0 Å². The van der Waals surface area contributed by atoms with Gasteiger partial charge in [-0.05, 0) is 25.0 Å². The zero-order chi connectivity index (χ0) is 16.8. The first-order chi connectivity index (χ1) is 11.7. The summed E-state index contributed by atoms with van der Waals surface area (Å²) in [6.45, 7) is 1.95. The highest BCUT2D eigenvalue weighted by Gasteiger charge is 2.22. The highest BCUT2D eigenvalue weighted by Crippen LogP contribution is 2.13. The van der Waals surface area contributed by atoms with Gasteiger partial charge < -0.3 is 10.6 Å². The number of rotatable bonds is 5. The van der Waals surface area contributed by atoms with Crippen LogP contribution in [0.4, 0.5) is 5.13 Å². The number of nitrogens with zero attached hydrogens (tertiary/aromatic N) is 2. The molecule has 0 unspecified atom stereocenters. The molecule has 0 aliphatic carbocycles. The van der Waals surface area contributed by atoms with E-state index in [1.807, 2.05) is 35.7 Å². The maximum Gasteiger partial charge on any atom is 0.251 e. The van der Waals surface area contributed by atoms with E-state index in [0.29, 0.717) is 17.2 Å². The summed E-state index contributed by atoms with van der Waals surface area (Å²) in [6.07, 6.45) is 3.37. The van der Waals surface area contributed by atoms with Gasteiger partial charge in [0.25, 0.3) is 5.91 Å². The van der Waals surface area contributed by atoms with E-state index in [4.69, 9.17) is 0 Å². The fourth-order valence-electron chi connectivity index (χ4n) is 2.74. The molecule has 0 radical (unpaired) electrons. The molecule has 2 aromatic rings. The molecular weight excluding hydrogens is 324 g/mol. The Labute approximate surface area is 144 Å². The molecule has 2 amide bonds. The number of carbonyl (C=O) groups excluding carboxylic acids is 2. The number of thiazole rings is 1. The van der Waals surface area contributed by atoms with E-state index in [0.717, 1.165) is 25.9 Å². The molecule has 1 fully saturated rings. The monoisotopic (exact) mass is 344 g/mol. The van der Waals surface area contributed by atoms with Crippen LogP contribution in [0, 0.1) is 0 Å². The summed E-state index contributed by atoms with van der Waals surface area (Å²) in [5.41, 5.74) is 0.683. The fourth-order valence-corrected chi connectivity index (χ4v) is 3.29. The van der Waals surface area contributed by atoms with E-state index >= 15 is 0 Å². The number of benzene rings is 1. The van der Waals surface area contributed by atoms with Gasteiger partial charge in [-0.15, -0.1) is 11.3 Å². The predicted molar refractivity (Wildman–Crippen MR) is 94.1 cm³/mol. The predicted octanol–water partition coefficient (Wildman–Crippen LogP) is 1.98. The van der Waals surface area contributed by atoms with E-state index in [1.165, 1.54) is 11.3 Å². The molecule has 2 N–H and O–H groups in total. The van der Waals surface area contributed by atoms with Gasteiger partial charge in [-0.1, -0.05) is 18.2 Å². The first kappa shape index (κ1) is 16.6. The summed E-state index contributed by atoms with van der Waals surface area (Å²) >= 11 is 1.41. The first-order valence-corrected chi connectivity index (χ1v) is 8.86. The van der Waals surface area contributed by atoms with Gasteiger partial charge in [-0.3, -0.25) is 14.5 Å². The molecule has 0 spiro atoms. The molecule has 24 heavy (non-hydrogen) atoms. The molecule has 3 rings (SSSR count). The van der Waals surface area contributed by atoms with E-state index in [2.05, 4.69) is 20.5 Å². The third-order valence-corrected chi connectivity index (χ3v) is 4.69. The van der Waals surface area contributed by atoms with E-state index < -0.39 is 0 Å². The van der Waals surface area contributed by atoms with Gasteiger partial charge in [-0.2, -0.15) is 0 Å². The largest absolute Gasteiger partial charge is 0.349 e. The van der Waals surface area contributed by atoms with Crippen molar-refractivity contribution in [2.24, 2.45) is 0 Å². The molecule has 0 saturated carbocycles. The van der Waals surface area contributed by atoms with Crippen LogP contribution in [0.25, 0.3) is 0 Å². The Morgan fingerprint density at radius 3 is 2.62 bits per heavy atom. The summed E-state index contributed by atoms with van der Waals surface area (Å²) in [6, 6.07) is 9.40. The van der Waals surface area contributed by atoms with Crippen LogP contribution in [0.15, 0.2) is 41.9 Å². The van der Waals surface area contributed by atoms with Gasteiger partial charge in [-0.25, -0.2) is 4.98 Å². The Hall–Kier alpha value is -2.25. The SMILES string of the molecule is O=C(CN1CCC(NC(=O)c2ccccc2)CC1)Nc1nccs1. The fraction of sp³-hybridized carbons (Fsp3) is 0.353. The molecule has 1 aliphatic rings. The van der Waals surface area contributed by atoms with Crippen LogP contribution in [-0.2, 0) is 4.79 Å². The topological polar surface area (TPSA) is 74.3 Å². The smallest absolute Gasteiger partial charge is 0.251 e. The Kier molecular flexibility index (Phi) is 5.55. The van der Waals surface area contributed by atoms with Crippen molar-refractivity contribution in [1.82, 2.24) is 15.2 Å². The second-order valence-corrected chi connectivity index (χ2v) is 6.67. The molecule has 1 saturated heterocycles.